The topological polar surface area (TPSA) is 77.1 Å². The number of aromatic nitrogens is 4. The highest BCUT2D eigenvalue weighted by molar-refractivity contribution is 9.10. The average molecular weight is 357 g/mol. The zero-order valence-corrected chi connectivity index (χ0v) is 13.3. The van der Waals surface area contributed by atoms with Gasteiger partial charge in [-0.05, 0) is 29.8 Å². The summed E-state index contributed by atoms with van der Waals surface area (Å²) in [5.41, 5.74) is 3.86. The van der Waals surface area contributed by atoms with Crippen LogP contribution in [-0.2, 0) is 18.4 Å². The highest BCUT2D eigenvalue weighted by Gasteiger charge is 2.10. The number of nitrogens with zero attached hydrogens (tertiary/aromatic N) is 5. The van der Waals surface area contributed by atoms with E-state index in [1.807, 2.05) is 6.92 Å². The molecule has 0 aliphatic carbocycles. The van der Waals surface area contributed by atoms with Crippen molar-refractivity contribution in [2.45, 2.75) is 20.4 Å². The van der Waals surface area contributed by atoms with Crippen molar-refractivity contribution in [2.24, 2.45) is 12.1 Å². The van der Waals surface area contributed by atoms with E-state index in [1.54, 1.807) is 13.1 Å². The quantitative estimate of drug-likeness (QED) is 0.662. The highest BCUT2D eigenvalue weighted by atomic mass is 79.9. The zero-order chi connectivity index (χ0) is 15.6. The first-order valence-corrected chi connectivity index (χ1v) is 6.88. The first-order chi connectivity index (χ1) is 9.88. The summed E-state index contributed by atoms with van der Waals surface area (Å²) >= 11 is 3.31. The second kappa shape index (κ2) is 6.17. The number of rotatable bonds is 4. The van der Waals surface area contributed by atoms with E-state index in [0.29, 0.717) is 5.69 Å². The molecule has 112 valence electrons. The summed E-state index contributed by atoms with van der Waals surface area (Å²) in [5, 5.41) is 11.8. The molecule has 9 heteroatoms. The summed E-state index contributed by atoms with van der Waals surface area (Å²) in [5.74, 6) is -0.861. The molecule has 2 aromatic rings. The predicted octanol–water partition coefficient (Wildman–Crippen LogP) is 1.29. The van der Waals surface area contributed by atoms with E-state index in [1.165, 1.54) is 17.9 Å². The number of hydrazone groups is 1. The zero-order valence-electron chi connectivity index (χ0n) is 11.8. The van der Waals surface area contributed by atoms with Crippen LogP contribution >= 0.6 is 15.9 Å². The SMILES string of the molecule is Cc1nn(CC(=O)N/N=C/c2c(C)nn(C)c2F)cc1Br. The minimum absolute atomic E-state index is 0.0261. The van der Waals surface area contributed by atoms with E-state index < -0.39 is 5.95 Å². The Morgan fingerprint density at radius 3 is 2.71 bits per heavy atom. The van der Waals surface area contributed by atoms with Gasteiger partial charge in [-0.2, -0.15) is 19.7 Å². The monoisotopic (exact) mass is 356 g/mol. The van der Waals surface area contributed by atoms with Crippen molar-refractivity contribution < 1.29 is 9.18 Å². The van der Waals surface area contributed by atoms with Gasteiger partial charge >= 0.3 is 0 Å². The van der Waals surface area contributed by atoms with E-state index in [9.17, 15) is 9.18 Å². The molecule has 1 N–H and O–H groups in total. The molecule has 0 atom stereocenters. The molecule has 0 bridgehead atoms. The number of nitrogens with one attached hydrogen (secondary N) is 1. The van der Waals surface area contributed by atoms with E-state index in [4.69, 9.17) is 0 Å². The Labute approximate surface area is 129 Å². The van der Waals surface area contributed by atoms with Crippen LogP contribution in [0.1, 0.15) is 17.0 Å². The van der Waals surface area contributed by atoms with Crippen molar-refractivity contribution in [1.29, 1.82) is 0 Å². The van der Waals surface area contributed by atoms with Gasteiger partial charge in [0.05, 0.1) is 27.6 Å². The van der Waals surface area contributed by atoms with Gasteiger partial charge in [-0.1, -0.05) is 0 Å². The summed E-state index contributed by atoms with van der Waals surface area (Å²) < 4.78 is 17.0. The van der Waals surface area contributed by atoms with E-state index in [2.05, 4.69) is 36.7 Å². The largest absolute Gasteiger partial charge is 0.271 e. The Hall–Kier alpha value is -2.03. The van der Waals surface area contributed by atoms with Gasteiger partial charge in [0.2, 0.25) is 5.95 Å². The van der Waals surface area contributed by atoms with Crippen molar-refractivity contribution in [3.63, 3.8) is 0 Å². The summed E-state index contributed by atoms with van der Waals surface area (Å²) in [6.45, 7) is 3.51. The van der Waals surface area contributed by atoms with Gasteiger partial charge in [-0.25, -0.2) is 10.1 Å². The van der Waals surface area contributed by atoms with Crippen LogP contribution in [0.5, 0.6) is 0 Å². The van der Waals surface area contributed by atoms with Crippen molar-refractivity contribution >= 4 is 28.1 Å². The maximum absolute atomic E-state index is 13.6. The van der Waals surface area contributed by atoms with Gasteiger partial charge in [0, 0.05) is 13.2 Å². The molecule has 0 fully saturated rings. The molecule has 0 spiro atoms. The molecule has 21 heavy (non-hydrogen) atoms. The van der Waals surface area contributed by atoms with E-state index in [-0.39, 0.29) is 18.0 Å². The lowest BCUT2D eigenvalue weighted by molar-refractivity contribution is -0.121. The fraction of sp³-hybridized carbons (Fsp3) is 0.333. The van der Waals surface area contributed by atoms with Gasteiger partial charge in [0.1, 0.15) is 6.54 Å². The maximum Gasteiger partial charge on any atom is 0.261 e. The van der Waals surface area contributed by atoms with Crippen LogP contribution in [0.3, 0.4) is 0 Å². The van der Waals surface area contributed by atoms with Gasteiger partial charge in [0.25, 0.3) is 5.91 Å². The number of halogens is 2. The van der Waals surface area contributed by atoms with Crippen LogP contribution in [0.4, 0.5) is 4.39 Å². The van der Waals surface area contributed by atoms with Crippen LogP contribution < -0.4 is 5.43 Å². The van der Waals surface area contributed by atoms with Crippen LogP contribution in [0, 0.1) is 19.8 Å². The number of hydrogen-bond acceptors (Lipinski definition) is 4. The van der Waals surface area contributed by atoms with E-state index >= 15 is 0 Å². The molecule has 0 aliphatic rings. The minimum Gasteiger partial charge on any atom is -0.271 e. The molecular weight excluding hydrogens is 343 g/mol. The second-order valence-electron chi connectivity index (χ2n) is 4.47. The predicted molar refractivity (Wildman–Crippen MR) is 78.3 cm³/mol. The lowest BCUT2D eigenvalue weighted by atomic mass is 10.3. The first-order valence-electron chi connectivity index (χ1n) is 6.09. The third kappa shape index (κ3) is 3.54. The lowest BCUT2D eigenvalue weighted by Gasteiger charge is -1.99. The molecule has 0 saturated carbocycles. The number of hydrogen-bond donors (Lipinski definition) is 1. The number of aryl methyl sites for hydroxylation is 3. The third-order valence-electron chi connectivity index (χ3n) is 2.77. The number of carbonyl (C=O) groups is 1. The van der Waals surface area contributed by atoms with Crippen LogP contribution in [0.25, 0.3) is 0 Å². The average Bonchev–Trinajstić information content (AvgIpc) is 2.83. The minimum atomic E-state index is -0.503. The Morgan fingerprint density at radius 1 is 1.48 bits per heavy atom. The number of carbonyl (C=O) groups excluding carboxylic acids is 1. The van der Waals surface area contributed by atoms with Gasteiger partial charge in [-0.15, -0.1) is 0 Å². The van der Waals surface area contributed by atoms with Crippen molar-refractivity contribution in [1.82, 2.24) is 25.0 Å². The van der Waals surface area contributed by atoms with Crippen molar-refractivity contribution in [2.75, 3.05) is 0 Å². The van der Waals surface area contributed by atoms with Gasteiger partial charge in [0.15, 0.2) is 0 Å². The molecule has 0 saturated heterocycles. The van der Waals surface area contributed by atoms with Crippen molar-refractivity contribution in [3.8, 4) is 0 Å². The Kier molecular flexibility index (Phi) is 4.51. The number of amides is 1. The highest BCUT2D eigenvalue weighted by Crippen LogP contribution is 2.12. The summed E-state index contributed by atoms with van der Waals surface area (Å²) in [4.78, 5) is 11.7. The standard InChI is InChI=1S/C12H14BrFN6O/c1-7-9(12(14)19(3)17-7)4-15-16-11(21)6-20-5-10(13)8(2)18-20/h4-5H,6H2,1-3H3,(H,16,21)/b15-4+. The van der Waals surface area contributed by atoms with Gasteiger partial charge < -0.3 is 0 Å². The normalized spacial score (nSPS) is 11.3. The molecule has 2 heterocycles. The summed E-state index contributed by atoms with van der Waals surface area (Å²) in [7, 11) is 1.50. The molecular formula is C12H14BrFN6O. The third-order valence-corrected chi connectivity index (χ3v) is 3.55. The molecule has 2 aromatic heterocycles. The molecule has 0 unspecified atom stereocenters. The van der Waals surface area contributed by atoms with Crippen LogP contribution in [-0.4, -0.2) is 31.7 Å². The molecule has 0 aromatic carbocycles. The lowest BCUT2D eigenvalue weighted by Crippen LogP contribution is -2.23. The summed E-state index contributed by atoms with van der Waals surface area (Å²) in [6, 6.07) is 0. The Morgan fingerprint density at radius 2 is 2.19 bits per heavy atom. The Bertz CT molecular complexity index is 685. The fourth-order valence-electron chi connectivity index (χ4n) is 1.72. The Balaban J connectivity index is 1.96. The second-order valence-corrected chi connectivity index (χ2v) is 5.32. The maximum atomic E-state index is 13.6. The fourth-order valence-corrected chi connectivity index (χ4v) is 2.03. The van der Waals surface area contributed by atoms with Crippen molar-refractivity contribution in [3.05, 3.63) is 33.6 Å². The summed E-state index contributed by atoms with van der Waals surface area (Å²) in [6.07, 6.45) is 2.93. The molecule has 7 nitrogen and oxygen atoms in total. The molecule has 2 rings (SSSR count). The molecule has 0 radical (unpaired) electrons. The molecule has 0 aliphatic heterocycles. The van der Waals surface area contributed by atoms with Crippen LogP contribution in [0.2, 0.25) is 0 Å². The molecule has 1 amide bonds. The van der Waals surface area contributed by atoms with E-state index in [0.717, 1.165) is 14.8 Å². The van der Waals surface area contributed by atoms with Gasteiger partial charge in [-0.3, -0.25) is 9.48 Å². The smallest absolute Gasteiger partial charge is 0.261 e. The van der Waals surface area contributed by atoms with Crippen LogP contribution in [0.15, 0.2) is 15.8 Å². The first kappa shape index (κ1) is 15.4.